The quantitative estimate of drug-likeness (QED) is 0.712. The van der Waals surface area contributed by atoms with Gasteiger partial charge in [0.05, 0.1) is 24.4 Å². The molecule has 4 rings (SSSR count). The maximum Gasteiger partial charge on any atom is 0.0726 e. The molecule has 0 unspecified atom stereocenters. The number of pyridine rings is 1. The lowest BCUT2D eigenvalue weighted by Crippen LogP contribution is -3.00. The Labute approximate surface area is 125 Å². The molecule has 3 nitrogen and oxygen atoms in total. The lowest BCUT2D eigenvalue weighted by Gasteiger charge is -2.31. The molecule has 1 aliphatic heterocycles. The molecule has 1 aliphatic carbocycles. The number of rotatable bonds is 1. The Kier molecular flexibility index (Phi) is 3.81. The van der Waals surface area contributed by atoms with Gasteiger partial charge >= 0.3 is 0 Å². The van der Waals surface area contributed by atoms with Gasteiger partial charge in [-0.25, -0.2) is 0 Å². The summed E-state index contributed by atoms with van der Waals surface area (Å²) in [6.07, 6.45) is 3.56. The van der Waals surface area contributed by atoms with E-state index in [9.17, 15) is 0 Å². The summed E-state index contributed by atoms with van der Waals surface area (Å²) in [5.41, 5.74) is 5.38. The Balaban J connectivity index is 0.00000121. The lowest BCUT2D eigenvalue weighted by atomic mass is 10.1. The van der Waals surface area contributed by atoms with Gasteiger partial charge in [-0.15, -0.1) is 0 Å². The molecule has 0 amide bonds. The van der Waals surface area contributed by atoms with Crippen LogP contribution in [0.2, 0.25) is 0 Å². The smallest absolute Gasteiger partial charge is 0.0726 e. The molecule has 1 saturated heterocycles. The molecule has 1 fully saturated rings. The molecule has 2 heterocycles. The van der Waals surface area contributed by atoms with E-state index in [-0.39, 0.29) is 12.4 Å². The first-order valence-corrected chi connectivity index (χ1v) is 7.17. The number of fused-ring (bicyclic) bond motifs is 2. The van der Waals surface area contributed by atoms with E-state index in [2.05, 4.69) is 29.2 Å². The Bertz CT molecular complexity index is 623. The van der Waals surface area contributed by atoms with E-state index in [4.69, 9.17) is 9.72 Å². The fourth-order valence-corrected chi connectivity index (χ4v) is 3.33. The zero-order chi connectivity index (χ0) is 12.7. The fourth-order valence-electron chi connectivity index (χ4n) is 3.33. The molecule has 1 aromatic heterocycles. The average Bonchev–Trinajstić information content (AvgIpc) is 2.93. The predicted molar refractivity (Wildman–Crippen MR) is 76.8 cm³/mol. The van der Waals surface area contributed by atoms with Crippen LogP contribution in [-0.4, -0.2) is 31.3 Å². The minimum atomic E-state index is 0. The first-order valence-electron chi connectivity index (χ1n) is 7.17. The molecule has 20 heavy (non-hydrogen) atoms. The van der Waals surface area contributed by atoms with Gasteiger partial charge in [-0.1, -0.05) is 18.2 Å². The third kappa shape index (κ3) is 2.15. The van der Waals surface area contributed by atoms with Crippen LogP contribution in [0.25, 0.3) is 10.9 Å². The molecule has 4 heteroatoms. The van der Waals surface area contributed by atoms with Gasteiger partial charge in [0, 0.05) is 24.2 Å². The van der Waals surface area contributed by atoms with Crippen molar-refractivity contribution in [1.82, 2.24) is 4.98 Å². The molecule has 0 spiro atoms. The van der Waals surface area contributed by atoms with Crippen LogP contribution >= 0.6 is 0 Å². The number of para-hydroxylation sites is 1. The zero-order valence-electron chi connectivity index (χ0n) is 11.4. The minimum absolute atomic E-state index is 0. The van der Waals surface area contributed by atoms with Crippen LogP contribution in [0.4, 0.5) is 5.69 Å². The average molecular weight is 290 g/mol. The van der Waals surface area contributed by atoms with Crippen LogP contribution in [0, 0.1) is 0 Å². The summed E-state index contributed by atoms with van der Waals surface area (Å²) in [7, 11) is 0. The maximum absolute atomic E-state index is 5.50. The predicted octanol–water partition coefficient (Wildman–Crippen LogP) is -0.436. The maximum atomic E-state index is 5.50. The van der Waals surface area contributed by atoms with E-state index >= 15 is 0 Å². The van der Waals surface area contributed by atoms with Crippen molar-refractivity contribution in [2.45, 2.75) is 19.3 Å². The normalized spacial score (nSPS) is 17.9. The van der Waals surface area contributed by atoms with Gasteiger partial charge in [-0.3, -0.25) is 4.98 Å². The van der Waals surface area contributed by atoms with Crippen LogP contribution in [-0.2, 0) is 17.6 Å². The number of benzene rings is 1. The number of ether oxygens (including phenoxy) is 1. The van der Waals surface area contributed by atoms with E-state index < -0.39 is 0 Å². The Morgan fingerprint density at radius 1 is 1.05 bits per heavy atom. The van der Waals surface area contributed by atoms with Crippen molar-refractivity contribution < 1.29 is 17.1 Å². The van der Waals surface area contributed by atoms with E-state index in [1.54, 1.807) is 0 Å². The molecule has 0 radical (unpaired) electrons. The highest BCUT2D eigenvalue weighted by molar-refractivity contribution is 5.94. The molecule has 0 saturated carbocycles. The lowest BCUT2D eigenvalue weighted by molar-refractivity contribution is -0.00000460. The summed E-state index contributed by atoms with van der Waals surface area (Å²) in [5, 5.41) is 1.31. The van der Waals surface area contributed by atoms with Crippen molar-refractivity contribution in [3.63, 3.8) is 0 Å². The second-order valence-electron chi connectivity index (χ2n) is 5.36. The Morgan fingerprint density at radius 2 is 1.85 bits per heavy atom. The Hall–Kier alpha value is -1.32. The van der Waals surface area contributed by atoms with Crippen LogP contribution in [0.15, 0.2) is 24.3 Å². The van der Waals surface area contributed by atoms with Crippen LogP contribution in [0.3, 0.4) is 0 Å². The van der Waals surface area contributed by atoms with Crippen LogP contribution < -0.4 is 17.3 Å². The largest absolute Gasteiger partial charge is 1.00 e. The van der Waals surface area contributed by atoms with Gasteiger partial charge in [0.15, 0.2) is 0 Å². The number of nitrogens with zero attached hydrogens (tertiary/aromatic N) is 2. The topological polar surface area (TPSA) is 25.4 Å². The van der Waals surface area contributed by atoms with Gasteiger partial charge in [0.2, 0.25) is 0 Å². The van der Waals surface area contributed by atoms with Gasteiger partial charge < -0.3 is 22.0 Å². The first kappa shape index (κ1) is 13.7. The number of halogens is 1. The molecule has 2 aliphatic rings. The second kappa shape index (κ2) is 5.58. The summed E-state index contributed by atoms with van der Waals surface area (Å²) in [6.45, 7) is 3.68. The van der Waals surface area contributed by atoms with Gasteiger partial charge in [-0.05, 0) is 30.9 Å². The van der Waals surface area contributed by atoms with E-state index in [1.807, 2.05) is 0 Å². The Morgan fingerprint density at radius 3 is 2.70 bits per heavy atom. The number of hydrogen-bond donors (Lipinski definition) is 0. The van der Waals surface area contributed by atoms with Gasteiger partial charge in [-0.2, -0.15) is 0 Å². The summed E-state index contributed by atoms with van der Waals surface area (Å²) in [4.78, 5) is 7.35. The van der Waals surface area contributed by atoms with E-state index in [0.29, 0.717) is 0 Å². The van der Waals surface area contributed by atoms with Crippen molar-refractivity contribution in [2.24, 2.45) is 0 Å². The summed E-state index contributed by atoms with van der Waals surface area (Å²) in [5.74, 6) is 0. The highest BCUT2D eigenvalue weighted by Crippen LogP contribution is 2.36. The highest BCUT2D eigenvalue weighted by Gasteiger charge is 2.24. The van der Waals surface area contributed by atoms with Crippen molar-refractivity contribution in [3.05, 3.63) is 35.5 Å². The SMILES string of the molecule is [Cl-].c1ccc2c(N3CCOCC3)c3c(nc2c1)CCC3. The molecule has 0 atom stereocenters. The molecular weight excluding hydrogens is 272 g/mol. The van der Waals surface area contributed by atoms with Crippen LogP contribution in [0.5, 0.6) is 0 Å². The minimum Gasteiger partial charge on any atom is -1.00 e. The van der Waals surface area contributed by atoms with Crippen molar-refractivity contribution in [2.75, 3.05) is 31.2 Å². The number of hydrogen-bond acceptors (Lipinski definition) is 3. The molecular formula is C16H18ClN2O-. The number of anilines is 1. The standard InChI is InChI=1S/C16H18N2O.ClH/c1-2-6-14-12(4-1)16(18-8-10-19-11-9-18)13-5-3-7-15(13)17-14;/h1-2,4,6H,3,5,7-11H2;1H/p-1. The van der Waals surface area contributed by atoms with Crippen molar-refractivity contribution in [1.29, 1.82) is 0 Å². The number of morpholine rings is 1. The van der Waals surface area contributed by atoms with Crippen molar-refractivity contribution >= 4 is 16.6 Å². The monoisotopic (exact) mass is 289 g/mol. The van der Waals surface area contributed by atoms with Crippen molar-refractivity contribution in [3.8, 4) is 0 Å². The fraction of sp³-hybridized carbons (Fsp3) is 0.438. The third-order valence-corrected chi connectivity index (χ3v) is 4.22. The molecule has 2 aromatic rings. The first-order chi connectivity index (χ1) is 9.43. The van der Waals surface area contributed by atoms with E-state index in [0.717, 1.165) is 38.2 Å². The summed E-state index contributed by atoms with van der Waals surface area (Å²) < 4.78 is 5.50. The van der Waals surface area contributed by atoms with E-state index in [1.165, 1.54) is 35.2 Å². The number of aromatic nitrogens is 1. The molecule has 1 aromatic carbocycles. The number of aryl methyl sites for hydroxylation is 1. The molecule has 106 valence electrons. The molecule has 0 N–H and O–H groups in total. The third-order valence-electron chi connectivity index (χ3n) is 4.22. The zero-order valence-corrected chi connectivity index (χ0v) is 12.2. The summed E-state index contributed by atoms with van der Waals surface area (Å²) in [6, 6.07) is 8.55. The van der Waals surface area contributed by atoms with Gasteiger partial charge in [0.1, 0.15) is 0 Å². The highest BCUT2D eigenvalue weighted by atomic mass is 35.5. The molecule has 0 bridgehead atoms. The summed E-state index contributed by atoms with van der Waals surface area (Å²) >= 11 is 0. The van der Waals surface area contributed by atoms with Gasteiger partial charge in [0.25, 0.3) is 0 Å². The second-order valence-corrected chi connectivity index (χ2v) is 5.36. The van der Waals surface area contributed by atoms with Crippen LogP contribution in [0.1, 0.15) is 17.7 Å².